The Balaban J connectivity index is 1.04. The van der Waals surface area contributed by atoms with Gasteiger partial charge in [-0.25, -0.2) is 0 Å². The highest BCUT2D eigenvalue weighted by atomic mass is 127. The molecule has 535 valence electrons. The fourth-order valence-corrected chi connectivity index (χ4v) is 67.8. The second kappa shape index (κ2) is 30.5. The number of nitrogens with zero attached hydrogens (tertiary/aromatic N) is 2. The largest absolute Gasteiger partial charge is 0.532 e. The molecule has 0 aliphatic carbocycles. The lowest BCUT2D eigenvalue weighted by molar-refractivity contribution is 0.0585. The minimum atomic E-state index is -5.35. The number of fused-ring (bicyclic) bond motifs is 6. The maximum absolute atomic E-state index is 8.77. The van der Waals surface area contributed by atoms with E-state index in [1.807, 2.05) is 278 Å². The van der Waals surface area contributed by atoms with E-state index >= 15 is 0 Å². The Bertz CT molecular complexity index is 4480. The third-order valence-corrected chi connectivity index (χ3v) is 61.3. The van der Waals surface area contributed by atoms with E-state index in [9.17, 15) is 0 Å². The van der Waals surface area contributed by atoms with Crippen LogP contribution in [0.15, 0.2) is 304 Å². The van der Waals surface area contributed by atoms with Crippen LogP contribution in [0.2, 0.25) is 25.2 Å². The van der Waals surface area contributed by atoms with Gasteiger partial charge in [0.1, 0.15) is 48.0 Å². The number of aryl methyl sites for hydroxylation is 2. The molecule has 0 spiro atoms. The van der Waals surface area contributed by atoms with Crippen molar-refractivity contribution in [2.45, 2.75) is 51.1 Å². The highest BCUT2D eigenvalue weighted by Gasteiger charge is 2.79. The summed E-state index contributed by atoms with van der Waals surface area (Å²) in [6.45, 7) is 15.7. The molecule has 6 unspecified atom stereocenters. The average molecular weight is 1680 g/mol. The summed E-state index contributed by atoms with van der Waals surface area (Å²) in [5, 5.41) is 4.53. The molecule has 16 rings (SSSR count). The molecule has 6 aliphatic rings. The maximum Gasteiger partial charge on any atom is 0.532 e. The van der Waals surface area contributed by atoms with Crippen LogP contribution in [0.5, 0.6) is 11.5 Å². The first-order chi connectivity index (χ1) is 51.2. The van der Waals surface area contributed by atoms with Crippen LogP contribution in [0.1, 0.15) is 22.3 Å². The van der Waals surface area contributed by atoms with Crippen molar-refractivity contribution in [3.63, 3.8) is 0 Å². The van der Waals surface area contributed by atoms with Gasteiger partial charge in [0.25, 0.3) is 0 Å². The zero-order valence-corrected chi connectivity index (χ0v) is 70.2. The van der Waals surface area contributed by atoms with Crippen molar-refractivity contribution in [2.75, 3.05) is 26.6 Å². The van der Waals surface area contributed by atoms with Crippen LogP contribution in [0.4, 0.5) is 0 Å². The molecule has 18 nitrogen and oxygen atoms in total. The first-order valence-electron chi connectivity index (χ1n) is 35.1. The van der Waals surface area contributed by atoms with Crippen molar-refractivity contribution in [2.24, 2.45) is 0 Å². The zero-order chi connectivity index (χ0) is 71.6. The lowest BCUT2D eigenvalue weighted by Gasteiger charge is -2.57. The SMILES string of the molecule is C=CCN1COc2ccc(CC[Si]3(C)O[Si]4(c5ccccc5)O[Si](c5ccccc5)O[Si]5(c6ccccc6)O[Si](C)(CCc6ccc7c(c6)CN(CC=C)CO7)O[Si]6(c7ccccc7)O[Si](OI)(c7ccccc7)O[Si](c7ccccc7)(O3)O[Si](c3ccccc3)(O6)O[Si](c3ccccc3)(O4)O5)cc2C1. The van der Waals surface area contributed by atoms with Gasteiger partial charge < -0.3 is 65.7 Å². The highest BCUT2D eigenvalue weighted by Crippen LogP contribution is 2.46. The lowest BCUT2D eigenvalue weighted by Crippen LogP contribution is -2.89. The first-order valence-corrected chi connectivity index (χ1v) is 54.4. The van der Waals surface area contributed by atoms with Crippen LogP contribution >= 0.6 is 23.0 Å². The number of rotatable bonds is 19. The Morgan fingerprint density at radius 3 is 1.00 bits per heavy atom. The zero-order valence-electron chi connectivity index (χ0n) is 58.0. The molecular formula is C76H78IN2O16Si10. The van der Waals surface area contributed by atoms with Crippen LogP contribution < -0.4 is 51.0 Å². The molecule has 4 fully saturated rings. The summed E-state index contributed by atoms with van der Waals surface area (Å²) >= 11 is 1.96. The minimum absolute atomic E-state index is 0.264. The quantitative estimate of drug-likeness (QED) is 0.0429. The predicted octanol–water partition coefficient (Wildman–Crippen LogP) is 9.25. The van der Waals surface area contributed by atoms with E-state index in [0.717, 1.165) is 38.9 Å². The van der Waals surface area contributed by atoms with Crippen LogP contribution in [0.25, 0.3) is 0 Å². The van der Waals surface area contributed by atoms with Crippen molar-refractivity contribution in [1.82, 2.24) is 9.80 Å². The highest BCUT2D eigenvalue weighted by molar-refractivity contribution is 14.1. The van der Waals surface area contributed by atoms with E-state index in [0.29, 0.717) is 88.8 Å². The van der Waals surface area contributed by atoms with Gasteiger partial charge in [-0.05, 0) is 66.5 Å². The van der Waals surface area contributed by atoms with Crippen molar-refractivity contribution < 1.29 is 65.7 Å². The molecule has 105 heavy (non-hydrogen) atoms. The molecule has 6 atom stereocenters. The molecule has 6 heterocycles. The summed E-state index contributed by atoms with van der Waals surface area (Å²) < 4.78 is 132. The number of benzene rings is 10. The maximum atomic E-state index is 8.77. The van der Waals surface area contributed by atoms with Gasteiger partial charge in [0, 0.05) is 73.6 Å². The van der Waals surface area contributed by atoms with Crippen LogP contribution in [-0.4, -0.2) is 124 Å². The van der Waals surface area contributed by atoms with E-state index in [1.54, 1.807) is 0 Å². The molecule has 6 bridgehead atoms. The normalized spacial score (nSPS) is 29.2. The van der Waals surface area contributed by atoms with Crippen molar-refractivity contribution >= 4 is 153 Å². The third-order valence-electron chi connectivity index (χ3n) is 19.1. The summed E-state index contributed by atoms with van der Waals surface area (Å²) in [6.07, 6.45) is 4.66. The average Bonchev–Trinajstić information content (AvgIpc) is 0.702. The van der Waals surface area contributed by atoms with Crippen LogP contribution in [0.3, 0.4) is 0 Å². The van der Waals surface area contributed by atoms with Gasteiger partial charge in [0.2, 0.25) is 0 Å². The molecule has 0 saturated carbocycles. The van der Waals surface area contributed by atoms with Crippen LogP contribution in [0, 0.1) is 0 Å². The first kappa shape index (κ1) is 72.7. The van der Waals surface area contributed by atoms with Crippen molar-refractivity contribution in [1.29, 1.82) is 0 Å². The van der Waals surface area contributed by atoms with Gasteiger partial charge in [-0.2, -0.15) is 0 Å². The number of ether oxygens (including phenoxy) is 2. The number of hydrogen-bond acceptors (Lipinski definition) is 18. The molecule has 0 N–H and O–H groups in total. The van der Waals surface area contributed by atoms with Gasteiger partial charge in [-0.15, -0.1) is 13.2 Å². The summed E-state index contributed by atoms with van der Waals surface area (Å²) in [4.78, 5) is 4.41. The Morgan fingerprint density at radius 1 is 0.371 bits per heavy atom. The molecule has 29 heteroatoms. The van der Waals surface area contributed by atoms with Gasteiger partial charge in [-0.1, -0.05) is 279 Å². The van der Waals surface area contributed by atoms with E-state index in [2.05, 4.69) is 72.4 Å². The summed E-state index contributed by atoms with van der Waals surface area (Å²) in [6, 6.07) is 92.1. The molecule has 10 aromatic rings. The Morgan fingerprint density at radius 2 is 0.667 bits per heavy atom. The minimum Gasteiger partial charge on any atom is -0.478 e. The predicted molar refractivity (Wildman–Crippen MR) is 429 cm³/mol. The van der Waals surface area contributed by atoms with E-state index in [1.165, 1.54) is 0 Å². The second-order valence-electron chi connectivity index (χ2n) is 26.8. The van der Waals surface area contributed by atoms with Gasteiger partial charge >= 0.3 is 88.0 Å². The van der Waals surface area contributed by atoms with E-state index < -0.39 is 88.0 Å². The molecule has 0 aromatic heterocycles. The summed E-state index contributed by atoms with van der Waals surface area (Å²) in [5.41, 5.74) is 4.11. The molecule has 6 aliphatic heterocycles. The molecule has 10 aromatic carbocycles. The van der Waals surface area contributed by atoms with Gasteiger partial charge in [-0.3, -0.25) is 9.80 Å². The molecule has 4 saturated heterocycles. The summed E-state index contributed by atoms with van der Waals surface area (Å²) in [7, 11) is -47.5. The van der Waals surface area contributed by atoms with Gasteiger partial charge in [0.15, 0.2) is 0 Å². The topological polar surface area (TPSA) is 154 Å². The smallest absolute Gasteiger partial charge is 0.478 e. The molecule has 1 radical (unpaired) electrons. The Kier molecular flexibility index (Phi) is 21.1. The Labute approximate surface area is 638 Å². The second-order valence-corrected chi connectivity index (χ2v) is 57.4. The fourth-order valence-electron chi connectivity index (χ4n) is 14.1. The molecule has 0 amide bonds. The number of hydrogen-bond donors (Lipinski definition) is 0. The Hall–Kier alpha value is -6.46. The monoisotopic (exact) mass is 1680 g/mol. The lowest BCUT2D eigenvalue weighted by atomic mass is 10.1. The van der Waals surface area contributed by atoms with Crippen molar-refractivity contribution in [3.05, 3.63) is 327 Å². The standard InChI is InChI=1S/C76H78IN2O16Si10/c1-5-53-78-59-65-57-63(47-49-75(65)80-61-78)51-55-97(3)85-100(69-35-19-9-20-36-69)83-96(67-31-15-7-16-32-67)84-101(70-37-21-10-22-38-70)86-98(4,56-52-64-48-50-76-66(58-64)60-79(54-6-2)62-81-76)88-103(72-41-25-12-26-42-72)90-99(82-77,68-33-17-8-18-34-68)89-102(87-97,71-39-23-11-24-40-71)93-105(94-103,74-45-29-14-30-46-74)95-104(91-100,92-101)73-43-27-13-28-44-73/h5-50,57-58H,1-2,51-56,59-62H2,3-4H3. The number of halogens is 1. The third kappa shape index (κ3) is 14.9. The van der Waals surface area contributed by atoms with Crippen molar-refractivity contribution in [3.8, 4) is 11.5 Å². The van der Waals surface area contributed by atoms with E-state index in [4.69, 9.17) is 65.7 Å². The van der Waals surface area contributed by atoms with E-state index in [-0.39, 0.29) is 12.1 Å². The molecular weight excluding hydrogens is 1600 g/mol. The van der Waals surface area contributed by atoms with Crippen LogP contribution in [-0.2, 0) is 82.2 Å². The summed E-state index contributed by atoms with van der Waals surface area (Å²) in [5.74, 6) is 1.65. The fraction of sp³-hybridized carbons (Fsp3) is 0.158. The van der Waals surface area contributed by atoms with Gasteiger partial charge in [0.05, 0.1) is 0 Å².